The van der Waals surface area contributed by atoms with Crippen molar-refractivity contribution in [3.8, 4) is 17.2 Å². The number of aromatic hydroxyl groups is 1. The molecule has 7 heteroatoms. The Balaban J connectivity index is 2.16. The SMILES string of the molecule is COc1cc(OC)c(/C=N/NC(=O)c2ccccc2O)cc1Br. The molecule has 1 amide bonds. The number of hydrazone groups is 1. The molecule has 2 aromatic carbocycles. The molecule has 0 aliphatic heterocycles. The second kappa shape index (κ2) is 7.64. The Hall–Kier alpha value is -2.54. The molecule has 2 N–H and O–H groups in total. The van der Waals surface area contributed by atoms with Crippen LogP contribution in [0.4, 0.5) is 0 Å². The van der Waals surface area contributed by atoms with Crippen LogP contribution in [-0.2, 0) is 0 Å². The Morgan fingerprint density at radius 2 is 1.91 bits per heavy atom. The maximum absolute atomic E-state index is 11.9. The minimum Gasteiger partial charge on any atom is -0.507 e. The lowest BCUT2D eigenvalue weighted by atomic mass is 10.2. The summed E-state index contributed by atoms with van der Waals surface area (Å²) in [5.74, 6) is 0.554. The van der Waals surface area contributed by atoms with Gasteiger partial charge in [-0.2, -0.15) is 5.10 Å². The van der Waals surface area contributed by atoms with Crippen molar-refractivity contribution in [1.82, 2.24) is 5.43 Å². The van der Waals surface area contributed by atoms with Crippen molar-refractivity contribution in [3.63, 3.8) is 0 Å². The summed E-state index contributed by atoms with van der Waals surface area (Å²) in [6, 6.07) is 9.69. The smallest absolute Gasteiger partial charge is 0.275 e. The Morgan fingerprint density at radius 1 is 1.22 bits per heavy atom. The number of phenolic OH excluding ortho intramolecular Hbond substituents is 1. The zero-order valence-electron chi connectivity index (χ0n) is 12.5. The zero-order chi connectivity index (χ0) is 16.8. The molecule has 0 fully saturated rings. The van der Waals surface area contributed by atoms with Gasteiger partial charge in [0, 0.05) is 11.6 Å². The Labute approximate surface area is 141 Å². The number of phenols is 1. The lowest BCUT2D eigenvalue weighted by molar-refractivity contribution is 0.0952. The van der Waals surface area contributed by atoms with Crippen molar-refractivity contribution < 1.29 is 19.4 Å². The van der Waals surface area contributed by atoms with Crippen LogP contribution >= 0.6 is 15.9 Å². The molecule has 2 rings (SSSR count). The van der Waals surface area contributed by atoms with Crippen LogP contribution in [0.1, 0.15) is 15.9 Å². The molecule has 23 heavy (non-hydrogen) atoms. The predicted octanol–water partition coefficient (Wildman–Crippen LogP) is 2.94. The number of nitrogens with zero attached hydrogens (tertiary/aromatic N) is 1. The maximum Gasteiger partial charge on any atom is 0.275 e. The van der Waals surface area contributed by atoms with Crippen LogP contribution in [0.5, 0.6) is 17.2 Å². The number of hydrogen-bond acceptors (Lipinski definition) is 5. The fourth-order valence-corrected chi connectivity index (χ4v) is 2.39. The predicted molar refractivity (Wildman–Crippen MR) is 90.4 cm³/mol. The maximum atomic E-state index is 11.9. The van der Waals surface area contributed by atoms with Crippen LogP contribution in [0.3, 0.4) is 0 Å². The van der Waals surface area contributed by atoms with Gasteiger partial charge in [0.1, 0.15) is 17.2 Å². The first-order chi connectivity index (χ1) is 11.1. The lowest BCUT2D eigenvalue weighted by Gasteiger charge is -2.09. The molecular formula is C16H15BrN2O4. The number of carbonyl (C=O) groups excluding carboxylic acids is 1. The van der Waals surface area contributed by atoms with Crippen molar-refractivity contribution in [2.75, 3.05) is 14.2 Å². The summed E-state index contributed by atoms with van der Waals surface area (Å²) in [4.78, 5) is 11.9. The van der Waals surface area contributed by atoms with E-state index in [2.05, 4.69) is 26.5 Å². The summed E-state index contributed by atoms with van der Waals surface area (Å²) in [7, 11) is 3.08. The van der Waals surface area contributed by atoms with E-state index in [1.165, 1.54) is 25.5 Å². The van der Waals surface area contributed by atoms with Crippen LogP contribution < -0.4 is 14.9 Å². The van der Waals surface area contributed by atoms with Crippen LogP contribution in [0, 0.1) is 0 Å². The van der Waals surface area contributed by atoms with Crippen LogP contribution in [0.2, 0.25) is 0 Å². The molecule has 0 aliphatic rings. The average molecular weight is 379 g/mol. The van der Waals surface area contributed by atoms with Crippen molar-refractivity contribution in [2.24, 2.45) is 5.10 Å². The van der Waals surface area contributed by atoms with Crippen LogP contribution in [-0.4, -0.2) is 31.4 Å². The van der Waals surface area contributed by atoms with E-state index in [4.69, 9.17) is 9.47 Å². The molecule has 0 aromatic heterocycles. The summed E-state index contributed by atoms with van der Waals surface area (Å²) in [6.07, 6.45) is 1.45. The highest BCUT2D eigenvalue weighted by Crippen LogP contribution is 2.31. The highest BCUT2D eigenvalue weighted by molar-refractivity contribution is 9.10. The average Bonchev–Trinajstić information content (AvgIpc) is 2.55. The number of rotatable bonds is 5. The fraction of sp³-hybridized carbons (Fsp3) is 0.125. The van der Waals surface area contributed by atoms with Gasteiger partial charge in [-0.1, -0.05) is 12.1 Å². The number of halogens is 1. The van der Waals surface area contributed by atoms with Gasteiger partial charge < -0.3 is 14.6 Å². The summed E-state index contributed by atoms with van der Waals surface area (Å²) in [5.41, 5.74) is 3.15. The molecule has 6 nitrogen and oxygen atoms in total. The quantitative estimate of drug-likeness (QED) is 0.619. The third kappa shape index (κ3) is 4.01. The number of methoxy groups -OCH3 is 2. The highest BCUT2D eigenvalue weighted by Gasteiger charge is 2.10. The first-order valence-corrected chi connectivity index (χ1v) is 7.39. The standard InChI is InChI=1S/C16H15BrN2O4/c1-22-14-8-15(23-2)12(17)7-10(14)9-18-19-16(21)11-5-3-4-6-13(11)20/h3-9,20H,1-2H3,(H,19,21)/b18-9+. The van der Waals surface area contributed by atoms with E-state index in [0.717, 1.165) is 4.47 Å². The Morgan fingerprint density at radius 3 is 2.57 bits per heavy atom. The normalized spacial score (nSPS) is 10.6. The highest BCUT2D eigenvalue weighted by atomic mass is 79.9. The van der Waals surface area contributed by atoms with E-state index in [9.17, 15) is 9.90 Å². The number of amides is 1. The number of carbonyl (C=O) groups is 1. The molecule has 0 atom stereocenters. The monoisotopic (exact) mass is 378 g/mol. The van der Waals surface area contributed by atoms with Gasteiger partial charge in [-0.05, 0) is 34.1 Å². The van der Waals surface area contributed by atoms with E-state index in [1.807, 2.05) is 0 Å². The molecule has 0 heterocycles. The van der Waals surface area contributed by atoms with Gasteiger partial charge >= 0.3 is 0 Å². The molecule has 0 aliphatic carbocycles. The minimum atomic E-state index is -0.508. The molecule has 0 saturated carbocycles. The Bertz CT molecular complexity index is 747. The summed E-state index contributed by atoms with van der Waals surface area (Å²) in [6.45, 7) is 0. The fourth-order valence-electron chi connectivity index (χ4n) is 1.87. The lowest BCUT2D eigenvalue weighted by Crippen LogP contribution is -2.17. The van der Waals surface area contributed by atoms with Crippen molar-refractivity contribution >= 4 is 28.1 Å². The number of benzene rings is 2. The third-order valence-corrected chi connectivity index (χ3v) is 3.64. The van der Waals surface area contributed by atoms with Gasteiger partial charge in [0.05, 0.1) is 30.5 Å². The molecule has 120 valence electrons. The third-order valence-electron chi connectivity index (χ3n) is 3.02. The first-order valence-electron chi connectivity index (χ1n) is 6.59. The zero-order valence-corrected chi connectivity index (χ0v) is 14.1. The molecular weight excluding hydrogens is 364 g/mol. The Kier molecular flexibility index (Phi) is 5.59. The summed E-state index contributed by atoms with van der Waals surface area (Å²) in [5, 5.41) is 13.5. The number of hydrogen-bond donors (Lipinski definition) is 2. The van der Waals surface area contributed by atoms with Crippen molar-refractivity contribution in [2.45, 2.75) is 0 Å². The largest absolute Gasteiger partial charge is 0.507 e. The second-order valence-electron chi connectivity index (χ2n) is 4.44. The molecule has 2 aromatic rings. The molecule has 0 bridgehead atoms. The number of para-hydroxylation sites is 1. The van der Waals surface area contributed by atoms with Gasteiger partial charge in [-0.3, -0.25) is 4.79 Å². The minimum absolute atomic E-state index is 0.107. The van der Waals surface area contributed by atoms with Gasteiger partial charge in [0.2, 0.25) is 0 Å². The topological polar surface area (TPSA) is 80.2 Å². The van der Waals surface area contributed by atoms with Gasteiger partial charge in [0.15, 0.2) is 0 Å². The van der Waals surface area contributed by atoms with Crippen LogP contribution in [0.15, 0.2) is 46.0 Å². The molecule has 0 saturated heterocycles. The number of nitrogens with one attached hydrogen (secondary N) is 1. The number of ether oxygens (including phenoxy) is 2. The van der Waals surface area contributed by atoms with E-state index in [-0.39, 0.29) is 11.3 Å². The van der Waals surface area contributed by atoms with Gasteiger partial charge in [-0.25, -0.2) is 5.43 Å². The van der Waals surface area contributed by atoms with Crippen molar-refractivity contribution in [3.05, 3.63) is 52.0 Å². The van der Waals surface area contributed by atoms with Gasteiger partial charge in [-0.15, -0.1) is 0 Å². The summed E-state index contributed by atoms with van der Waals surface area (Å²) >= 11 is 3.38. The van der Waals surface area contributed by atoms with E-state index in [0.29, 0.717) is 17.1 Å². The van der Waals surface area contributed by atoms with E-state index >= 15 is 0 Å². The van der Waals surface area contributed by atoms with E-state index in [1.54, 1.807) is 31.4 Å². The molecule has 0 unspecified atom stereocenters. The molecule has 0 radical (unpaired) electrons. The van der Waals surface area contributed by atoms with Crippen molar-refractivity contribution in [1.29, 1.82) is 0 Å². The second-order valence-corrected chi connectivity index (χ2v) is 5.30. The van der Waals surface area contributed by atoms with Gasteiger partial charge in [0.25, 0.3) is 5.91 Å². The van der Waals surface area contributed by atoms with Crippen LogP contribution in [0.25, 0.3) is 0 Å². The first kappa shape index (κ1) is 16.8. The molecule has 0 spiro atoms. The summed E-state index contributed by atoms with van der Waals surface area (Å²) < 4.78 is 11.2. The van der Waals surface area contributed by atoms with E-state index < -0.39 is 5.91 Å².